The Morgan fingerprint density at radius 1 is 1.27 bits per heavy atom. The molecule has 6 nitrogen and oxygen atoms in total. The van der Waals surface area contributed by atoms with Crippen LogP contribution in [0, 0.1) is 0 Å². The zero-order valence-electron chi connectivity index (χ0n) is 16.0. The molecule has 3 amide bonds. The Labute approximate surface area is 155 Å². The van der Waals surface area contributed by atoms with Crippen LogP contribution >= 0.6 is 0 Å². The summed E-state index contributed by atoms with van der Waals surface area (Å²) in [5.74, 6) is -0.644. The van der Waals surface area contributed by atoms with Crippen molar-refractivity contribution < 1.29 is 19.1 Å². The highest BCUT2D eigenvalue weighted by Gasteiger charge is 2.53. The number of carbonyl (C=O) groups excluding carboxylic acids is 3. The molecule has 1 aliphatic rings. The van der Waals surface area contributed by atoms with Crippen molar-refractivity contribution in [2.45, 2.75) is 44.6 Å². The number of hydrogen-bond acceptors (Lipinski definition) is 4. The van der Waals surface area contributed by atoms with Crippen molar-refractivity contribution in [1.82, 2.24) is 9.80 Å². The predicted octanol–water partition coefficient (Wildman–Crippen LogP) is 1.98. The van der Waals surface area contributed by atoms with E-state index in [9.17, 15) is 14.4 Å². The number of benzene rings is 1. The van der Waals surface area contributed by atoms with Gasteiger partial charge in [0, 0.05) is 46.2 Å². The summed E-state index contributed by atoms with van der Waals surface area (Å²) in [5.41, 5.74) is -0.399. The summed E-state index contributed by atoms with van der Waals surface area (Å²) in [6.07, 6.45) is 0.607. The zero-order valence-corrected chi connectivity index (χ0v) is 16.0. The van der Waals surface area contributed by atoms with Crippen molar-refractivity contribution in [3.63, 3.8) is 0 Å². The van der Waals surface area contributed by atoms with Gasteiger partial charge in [0.25, 0.3) is 0 Å². The van der Waals surface area contributed by atoms with Gasteiger partial charge in [-0.2, -0.15) is 0 Å². The van der Waals surface area contributed by atoms with E-state index in [-0.39, 0.29) is 36.6 Å². The Morgan fingerprint density at radius 2 is 1.92 bits per heavy atom. The average Bonchev–Trinajstić information content (AvgIpc) is 2.86. The minimum Gasteiger partial charge on any atom is -0.385 e. The molecule has 0 radical (unpaired) electrons. The molecule has 1 fully saturated rings. The van der Waals surface area contributed by atoms with Gasteiger partial charge in [0.1, 0.15) is 0 Å². The Bertz CT molecular complexity index is 659. The summed E-state index contributed by atoms with van der Waals surface area (Å²) in [6.45, 7) is 4.64. The molecule has 0 saturated carbocycles. The monoisotopic (exact) mass is 360 g/mol. The lowest BCUT2D eigenvalue weighted by Gasteiger charge is -2.30. The Kier molecular flexibility index (Phi) is 6.53. The third-order valence-corrected chi connectivity index (χ3v) is 5.09. The second kappa shape index (κ2) is 8.45. The van der Waals surface area contributed by atoms with E-state index in [1.54, 1.807) is 19.1 Å². The summed E-state index contributed by atoms with van der Waals surface area (Å²) in [5, 5.41) is 0. The average molecular weight is 360 g/mol. The molecule has 1 aliphatic heterocycles. The molecular formula is C20H28N2O4. The molecule has 1 heterocycles. The summed E-state index contributed by atoms with van der Waals surface area (Å²) >= 11 is 0. The maximum absolute atomic E-state index is 13.3. The van der Waals surface area contributed by atoms with Crippen LogP contribution in [0.15, 0.2) is 30.3 Å². The number of hydrogen-bond donors (Lipinski definition) is 0. The molecule has 2 rings (SSSR count). The molecule has 0 spiro atoms. The number of amides is 3. The van der Waals surface area contributed by atoms with E-state index in [2.05, 4.69) is 0 Å². The normalized spacial score (nSPS) is 20.1. The van der Waals surface area contributed by atoms with Gasteiger partial charge in [0.2, 0.25) is 17.7 Å². The first-order valence-electron chi connectivity index (χ1n) is 8.98. The summed E-state index contributed by atoms with van der Waals surface area (Å²) in [4.78, 5) is 41.5. The molecule has 6 heteroatoms. The van der Waals surface area contributed by atoms with Crippen molar-refractivity contribution >= 4 is 17.7 Å². The molecule has 0 N–H and O–H groups in total. The smallest absolute Gasteiger partial charge is 0.240 e. The molecule has 1 aromatic carbocycles. The van der Waals surface area contributed by atoms with Gasteiger partial charge in [0.15, 0.2) is 0 Å². The largest absolute Gasteiger partial charge is 0.385 e. The number of nitrogens with zero attached hydrogens (tertiary/aromatic N) is 2. The molecule has 1 unspecified atom stereocenters. The zero-order chi connectivity index (χ0) is 19.3. The number of methoxy groups -OCH3 is 1. The summed E-state index contributed by atoms with van der Waals surface area (Å²) in [6, 6.07) is 9.20. The van der Waals surface area contributed by atoms with E-state index >= 15 is 0 Å². The van der Waals surface area contributed by atoms with Crippen LogP contribution in [0.25, 0.3) is 0 Å². The van der Waals surface area contributed by atoms with Crippen LogP contribution in [-0.4, -0.2) is 60.9 Å². The van der Waals surface area contributed by atoms with Crippen LogP contribution in [0.5, 0.6) is 0 Å². The van der Waals surface area contributed by atoms with E-state index in [1.807, 2.05) is 44.2 Å². The highest BCUT2D eigenvalue weighted by molar-refractivity contribution is 6.10. The molecular weight excluding hydrogens is 332 g/mol. The van der Waals surface area contributed by atoms with Crippen LogP contribution in [-0.2, 0) is 24.5 Å². The highest BCUT2D eigenvalue weighted by Crippen LogP contribution is 2.40. The molecule has 142 valence electrons. The molecule has 1 saturated heterocycles. The molecule has 0 aromatic heterocycles. The number of ether oxygens (including phenoxy) is 1. The van der Waals surface area contributed by atoms with Crippen LogP contribution in [0.4, 0.5) is 0 Å². The lowest BCUT2D eigenvalue weighted by Crippen LogP contribution is -2.44. The fourth-order valence-corrected chi connectivity index (χ4v) is 3.29. The van der Waals surface area contributed by atoms with E-state index in [0.717, 1.165) is 5.56 Å². The van der Waals surface area contributed by atoms with Crippen LogP contribution in [0.1, 0.15) is 38.7 Å². The van der Waals surface area contributed by atoms with Gasteiger partial charge in [0.05, 0.1) is 5.41 Å². The van der Waals surface area contributed by atoms with Gasteiger partial charge < -0.3 is 9.64 Å². The third kappa shape index (κ3) is 3.96. The summed E-state index contributed by atoms with van der Waals surface area (Å²) < 4.78 is 5.02. The van der Waals surface area contributed by atoms with E-state index in [0.29, 0.717) is 19.6 Å². The van der Waals surface area contributed by atoms with Gasteiger partial charge in [-0.3, -0.25) is 19.3 Å². The molecule has 1 atom stereocenters. The van der Waals surface area contributed by atoms with Crippen LogP contribution < -0.4 is 0 Å². The number of carbonyl (C=O) groups is 3. The van der Waals surface area contributed by atoms with Crippen molar-refractivity contribution in [2.24, 2.45) is 0 Å². The van der Waals surface area contributed by atoms with Gasteiger partial charge in [-0.25, -0.2) is 0 Å². The van der Waals surface area contributed by atoms with Crippen molar-refractivity contribution in [1.29, 1.82) is 0 Å². The standard InChI is InChI=1S/C20H28N2O4/c1-15(2)21(3)17(23)13-20(16-9-6-5-7-10-16)14-18(24)22(19(20)25)11-8-12-26-4/h5-7,9-10,15H,8,11-14H2,1-4H3. The lowest BCUT2D eigenvalue weighted by atomic mass is 9.75. The Morgan fingerprint density at radius 3 is 2.50 bits per heavy atom. The topological polar surface area (TPSA) is 66.9 Å². The van der Waals surface area contributed by atoms with Crippen molar-refractivity contribution in [2.75, 3.05) is 27.3 Å². The fraction of sp³-hybridized carbons (Fsp3) is 0.550. The van der Waals surface area contributed by atoms with Crippen LogP contribution in [0.3, 0.4) is 0 Å². The molecule has 1 aromatic rings. The lowest BCUT2D eigenvalue weighted by molar-refractivity contribution is -0.143. The molecule has 0 aliphatic carbocycles. The maximum atomic E-state index is 13.3. The van der Waals surface area contributed by atoms with Crippen molar-refractivity contribution in [3.8, 4) is 0 Å². The second-order valence-electron chi connectivity index (χ2n) is 7.10. The quantitative estimate of drug-likeness (QED) is 0.525. The number of rotatable bonds is 8. The first-order chi connectivity index (χ1) is 12.3. The number of likely N-dealkylation sites (tertiary alicyclic amines) is 1. The minimum atomic E-state index is -1.12. The maximum Gasteiger partial charge on any atom is 0.240 e. The molecule has 26 heavy (non-hydrogen) atoms. The second-order valence-corrected chi connectivity index (χ2v) is 7.10. The third-order valence-electron chi connectivity index (χ3n) is 5.09. The van der Waals surface area contributed by atoms with Gasteiger partial charge in [-0.05, 0) is 25.8 Å². The van der Waals surface area contributed by atoms with Crippen molar-refractivity contribution in [3.05, 3.63) is 35.9 Å². The fourth-order valence-electron chi connectivity index (χ4n) is 3.29. The van der Waals surface area contributed by atoms with Gasteiger partial charge in [-0.1, -0.05) is 30.3 Å². The predicted molar refractivity (Wildman–Crippen MR) is 98.5 cm³/mol. The summed E-state index contributed by atoms with van der Waals surface area (Å²) in [7, 11) is 3.31. The SMILES string of the molecule is COCCCN1C(=O)CC(CC(=O)N(C)C(C)C)(c2ccccc2)C1=O. The first-order valence-corrected chi connectivity index (χ1v) is 8.98. The highest BCUT2D eigenvalue weighted by atomic mass is 16.5. The minimum absolute atomic E-state index is 0.00293. The Balaban J connectivity index is 2.35. The van der Waals surface area contributed by atoms with E-state index in [4.69, 9.17) is 4.74 Å². The molecule has 0 bridgehead atoms. The van der Waals surface area contributed by atoms with Crippen LogP contribution in [0.2, 0.25) is 0 Å². The van der Waals surface area contributed by atoms with E-state index < -0.39 is 5.41 Å². The first kappa shape index (κ1) is 20.1. The van der Waals surface area contributed by atoms with Gasteiger partial charge >= 0.3 is 0 Å². The number of imide groups is 1. The van der Waals surface area contributed by atoms with E-state index in [1.165, 1.54) is 4.90 Å². The Hall–Kier alpha value is -2.21. The van der Waals surface area contributed by atoms with Gasteiger partial charge in [-0.15, -0.1) is 0 Å².